The van der Waals surface area contributed by atoms with Crippen molar-refractivity contribution >= 4 is 5.82 Å². The highest BCUT2D eigenvalue weighted by atomic mass is 15.3. The van der Waals surface area contributed by atoms with Crippen molar-refractivity contribution in [2.45, 2.75) is 25.4 Å². The molecular weight excluding hydrogens is 320 g/mol. The number of rotatable bonds is 5. The molecule has 0 radical (unpaired) electrons. The van der Waals surface area contributed by atoms with Crippen molar-refractivity contribution in [2.24, 2.45) is 0 Å². The normalized spacial score (nSPS) is 17.2. The van der Waals surface area contributed by atoms with Gasteiger partial charge in [0.2, 0.25) is 0 Å². The quantitative estimate of drug-likeness (QED) is 0.762. The summed E-state index contributed by atoms with van der Waals surface area (Å²) in [5, 5.41) is 11.9. The second-order valence-electron chi connectivity index (χ2n) is 6.81. The molecular formula is C22H24N4. The molecule has 1 fully saturated rings. The molecule has 4 heteroatoms. The van der Waals surface area contributed by atoms with Gasteiger partial charge in [0, 0.05) is 31.9 Å². The molecule has 0 saturated carbocycles. The average Bonchev–Trinajstić information content (AvgIpc) is 2.74. The maximum Gasteiger partial charge on any atom is 0.151 e. The van der Waals surface area contributed by atoms with Gasteiger partial charge in [-0.2, -0.15) is 5.10 Å². The van der Waals surface area contributed by atoms with Crippen LogP contribution in [0.5, 0.6) is 0 Å². The lowest BCUT2D eigenvalue weighted by Gasteiger charge is -2.33. The first-order chi connectivity index (χ1) is 12.9. The number of piperidine rings is 1. The van der Waals surface area contributed by atoms with Crippen LogP contribution in [-0.4, -0.2) is 29.3 Å². The second kappa shape index (κ2) is 8.11. The van der Waals surface area contributed by atoms with E-state index in [0.717, 1.165) is 25.5 Å². The van der Waals surface area contributed by atoms with E-state index < -0.39 is 0 Å². The van der Waals surface area contributed by atoms with E-state index in [4.69, 9.17) is 0 Å². The Morgan fingerprint density at radius 1 is 0.923 bits per heavy atom. The Balaban J connectivity index is 1.34. The van der Waals surface area contributed by atoms with Gasteiger partial charge < -0.3 is 10.2 Å². The van der Waals surface area contributed by atoms with Gasteiger partial charge in [0.15, 0.2) is 5.82 Å². The Morgan fingerprint density at radius 3 is 2.50 bits per heavy atom. The number of benzene rings is 2. The second-order valence-corrected chi connectivity index (χ2v) is 6.81. The van der Waals surface area contributed by atoms with E-state index >= 15 is 0 Å². The fourth-order valence-electron chi connectivity index (χ4n) is 3.52. The minimum absolute atomic E-state index is 0.486. The van der Waals surface area contributed by atoms with E-state index in [2.05, 4.69) is 75.0 Å². The van der Waals surface area contributed by atoms with Crippen molar-refractivity contribution in [2.75, 3.05) is 18.0 Å². The van der Waals surface area contributed by atoms with Crippen LogP contribution in [0.15, 0.2) is 72.9 Å². The first-order valence-electron chi connectivity index (χ1n) is 9.29. The standard InChI is InChI=1S/C22H24N4/c1-2-6-19(7-3-1)20-12-10-18(11-13-20)16-23-21-8-5-15-26(17-21)22-9-4-14-24-25-22/h1-4,6-7,9-14,21,23H,5,8,15-17H2. The zero-order valence-corrected chi connectivity index (χ0v) is 14.9. The number of anilines is 1. The first-order valence-corrected chi connectivity index (χ1v) is 9.29. The zero-order chi connectivity index (χ0) is 17.6. The highest BCUT2D eigenvalue weighted by Crippen LogP contribution is 2.20. The smallest absolute Gasteiger partial charge is 0.151 e. The summed E-state index contributed by atoms with van der Waals surface area (Å²) >= 11 is 0. The van der Waals surface area contributed by atoms with Crippen LogP contribution in [0.2, 0.25) is 0 Å². The van der Waals surface area contributed by atoms with Crippen LogP contribution < -0.4 is 10.2 Å². The predicted molar refractivity (Wildman–Crippen MR) is 106 cm³/mol. The number of hydrogen-bond donors (Lipinski definition) is 1. The molecule has 1 aliphatic rings. The van der Waals surface area contributed by atoms with Crippen LogP contribution in [-0.2, 0) is 6.54 Å². The molecule has 1 unspecified atom stereocenters. The molecule has 1 atom stereocenters. The number of nitrogens with one attached hydrogen (secondary N) is 1. The number of nitrogens with zero attached hydrogens (tertiary/aromatic N) is 3. The van der Waals surface area contributed by atoms with E-state index in [-0.39, 0.29) is 0 Å². The first kappa shape index (κ1) is 16.7. The third-order valence-electron chi connectivity index (χ3n) is 4.96. The van der Waals surface area contributed by atoms with Gasteiger partial charge in [0.25, 0.3) is 0 Å². The van der Waals surface area contributed by atoms with E-state index in [1.165, 1.54) is 29.5 Å². The van der Waals surface area contributed by atoms with Crippen molar-refractivity contribution in [3.05, 3.63) is 78.5 Å². The summed E-state index contributed by atoms with van der Waals surface area (Å²) in [6, 6.07) is 23.8. The summed E-state index contributed by atoms with van der Waals surface area (Å²) in [5.74, 6) is 0.978. The molecule has 1 N–H and O–H groups in total. The molecule has 1 aliphatic heterocycles. The molecule has 1 aromatic heterocycles. The van der Waals surface area contributed by atoms with E-state index in [1.54, 1.807) is 6.20 Å². The third kappa shape index (κ3) is 4.09. The van der Waals surface area contributed by atoms with Gasteiger partial charge in [0.05, 0.1) is 0 Å². The fourth-order valence-corrected chi connectivity index (χ4v) is 3.52. The number of aromatic nitrogens is 2. The summed E-state index contributed by atoms with van der Waals surface area (Å²) in [5.41, 5.74) is 3.85. The Hall–Kier alpha value is -2.72. The van der Waals surface area contributed by atoms with Crippen molar-refractivity contribution in [1.82, 2.24) is 15.5 Å². The lowest BCUT2D eigenvalue weighted by atomic mass is 10.0. The summed E-state index contributed by atoms with van der Waals surface area (Å²) in [4.78, 5) is 2.33. The molecule has 132 valence electrons. The Bertz CT molecular complexity index is 803. The van der Waals surface area contributed by atoms with Crippen LogP contribution >= 0.6 is 0 Å². The van der Waals surface area contributed by atoms with Gasteiger partial charge in [-0.1, -0.05) is 54.6 Å². The van der Waals surface area contributed by atoms with Gasteiger partial charge in [-0.3, -0.25) is 0 Å². The lowest BCUT2D eigenvalue weighted by Crippen LogP contribution is -2.45. The van der Waals surface area contributed by atoms with Crippen molar-refractivity contribution in [3.63, 3.8) is 0 Å². The summed E-state index contributed by atoms with van der Waals surface area (Å²) in [6.45, 7) is 2.94. The zero-order valence-electron chi connectivity index (χ0n) is 14.9. The van der Waals surface area contributed by atoms with Crippen LogP contribution in [0.4, 0.5) is 5.82 Å². The van der Waals surface area contributed by atoms with Crippen LogP contribution in [0.25, 0.3) is 11.1 Å². The lowest BCUT2D eigenvalue weighted by molar-refractivity contribution is 0.419. The highest BCUT2D eigenvalue weighted by Gasteiger charge is 2.20. The van der Waals surface area contributed by atoms with Crippen molar-refractivity contribution in [1.29, 1.82) is 0 Å². The minimum atomic E-state index is 0.486. The van der Waals surface area contributed by atoms with Crippen LogP contribution in [0.1, 0.15) is 18.4 Å². The largest absolute Gasteiger partial charge is 0.354 e. The van der Waals surface area contributed by atoms with Crippen LogP contribution in [0.3, 0.4) is 0 Å². The van der Waals surface area contributed by atoms with Gasteiger partial charge in [0.1, 0.15) is 0 Å². The average molecular weight is 344 g/mol. The maximum absolute atomic E-state index is 4.24. The van der Waals surface area contributed by atoms with Gasteiger partial charge in [-0.05, 0) is 41.7 Å². The summed E-state index contributed by atoms with van der Waals surface area (Å²) in [6.07, 6.45) is 4.11. The molecule has 4 nitrogen and oxygen atoms in total. The molecule has 2 aromatic carbocycles. The molecule has 1 saturated heterocycles. The summed E-state index contributed by atoms with van der Waals surface area (Å²) < 4.78 is 0. The monoisotopic (exact) mass is 344 g/mol. The van der Waals surface area contributed by atoms with E-state index in [9.17, 15) is 0 Å². The Kier molecular flexibility index (Phi) is 5.22. The molecule has 3 aromatic rings. The molecule has 4 rings (SSSR count). The highest BCUT2D eigenvalue weighted by molar-refractivity contribution is 5.63. The van der Waals surface area contributed by atoms with Gasteiger partial charge >= 0.3 is 0 Å². The topological polar surface area (TPSA) is 41.0 Å². The van der Waals surface area contributed by atoms with Crippen LogP contribution in [0, 0.1) is 0 Å². The predicted octanol–water partition coefficient (Wildman–Crippen LogP) is 3.90. The molecule has 26 heavy (non-hydrogen) atoms. The maximum atomic E-state index is 4.24. The molecule has 0 bridgehead atoms. The third-order valence-corrected chi connectivity index (χ3v) is 4.96. The van der Waals surface area contributed by atoms with E-state index in [0.29, 0.717) is 6.04 Å². The minimum Gasteiger partial charge on any atom is -0.354 e. The molecule has 0 amide bonds. The molecule has 0 spiro atoms. The number of hydrogen-bond acceptors (Lipinski definition) is 4. The summed E-state index contributed by atoms with van der Waals surface area (Å²) in [7, 11) is 0. The van der Waals surface area contributed by atoms with E-state index in [1.807, 2.05) is 12.1 Å². The molecule has 2 heterocycles. The van der Waals surface area contributed by atoms with Crippen molar-refractivity contribution < 1.29 is 0 Å². The van der Waals surface area contributed by atoms with Crippen molar-refractivity contribution in [3.8, 4) is 11.1 Å². The van der Waals surface area contributed by atoms with Gasteiger partial charge in [-0.25, -0.2) is 0 Å². The van der Waals surface area contributed by atoms with Gasteiger partial charge in [-0.15, -0.1) is 5.10 Å². The fraction of sp³-hybridized carbons (Fsp3) is 0.273. The Morgan fingerprint density at radius 2 is 1.73 bits per heavy atom. The Labute approximate surface area is 154 Å². The molecule has 0 aliphatic carbocycles. The SMILES string of the molecule is c1ccc(-c2ccc(CNC3CCCN(c4cccnn4)C3)cc2)cc1.